The topological polar surface area (TPSA) is 46.5 Å². The Morgan fingerprint density at radius 3 is 2.90 bits per heavy atom. The Morgan fingerprint density at radius 2 is 2.50 bits per heavy atom. The number of allylic oxidation sites excluding steroid dienone is 1. The zero-order valence-electron chi connectivity index (χ0n) is 5.58. The van der Waals surface area contributed by atoms with Crippen LogP contribution in [0.2, 0.25) is 0 Å². The van der Waals surface area contributed by atoms with Crippen molar-refractivity contribution in [2.45, 2.75) is 13.3 Å². The van der Waals surface area contributed by atoms with Crippen molar-refractivity contribution in [3.63, 3.8) is 0 Å². The molecule has 10 heavy (non-hydrogen) atoms. The van der Waals surface area contributed by atoms with Gasteiger partial charge in [0.15, 0.2) is 0 Å². The summed E-state index contributed by atoms with van der Waals surface area (Å²) in [5.74, 6) is -1.59. The zero-order chi connectivity index (χ0) is 7.98. The van der Waals surface area contributed by atoms with Gasteiger partial charge in [-0.3, -0.25) is 0 Å². The Hall–Kier alpha value is -0.900. The highest BCUT2D eigenvalue weighted by Crippen LogP contribution is 1.92. The number of ether oxygens (including phenoxy) is 1. The molecule has 0 bridgehead atoms. The fourth-order valence-corrected chi connectivity index (χ4v) is 0.308. The summed E-state index contributed by atoms with van der Waals surface area (Å²) in [4.78, 5) is 9.77. The summed E-state index contributed by atoms with van der Waals surface area (Å²) >= 11 is 0. The van der Waals surface area contributed by atoms with Gasteiger partial charge in [-0.25, -0.2) is 9.18 Å². The SMILES string of the molecule is CC=CCOC(F)C(=O)O. The predicted molar refractivity (Wildman–Crippen MR) is 33.3 cm³/mol. The lowest BCUT2D eigenvalue weighted by molar-refractivity contribution is -0.161. The van der Waals surface area contributed by atoms with Crippen LogP contribution in [0.1, 0.15) is 6.92 Å². The van der Waals surface area contributed by atoms with E-state index >= 15 is 0 Å². The van der Waals surface area contributed by atoms with Gasteiger partial charge in [0.25, 0.3) is 6.36 Å². The maximum absolute atomic E-state index is 12.0. The number of alkyl halides is 1. The van der Waals surface area contributed by atoms with Crippen LogP contribution in [-0.2, 0) is 9.53 Å². The van der Waals surface area contributed by atoms with Crippen LogP contribution in [-0.4, -0.2) is 24.0 Å². The average Bonchev–Trinajstić information content (AvgIpc) is 1.88. The summed E-state index contributed by atoms with van der Waals surface area (Å²) in [6.45, 7) is 1.72. The summed E-state index contributed by atoms with van der Waals surface area (Å²) in [5.41, 5.74) is 0. The molecule has 0 aliphatic rings. The molecule has 1 unspecified atom stereocenters. The second-order valence-electron chi connectivity index (χ2n) is 1.56. The van der Waals surface area contributed by atoms with Crippen molar-refractivity contribution in [3.8, 4) is 0 Å². The second-order valence-corrected chi connectivity index (χ2v) is 1.56. The van der Waals surface area contributed by atoms with Gasteiger partial charge < -0.3 is 9.84 Å². The van der Waals surface area contributed by atoms with Crippen LogP contribution in [0.25, 0.3) is 0 Å². The third-order valence-electron chi connectivity index (χ3n) is 0.769. The molecule has 0 rings (SSSR count). The molecular weight excluding hydrogens is 139 g/mol. The van der Waals surface area contributed by atoms with Gasteiger partial charge in [0.2, 0.25) is 0 Å². The van der Waals surface area contributed by atoms with Gasteiger partial charge in [-0.2, -0.15) is 0 Å². The van der Waals surface area contributed by atoms with Gasteiger partial charge in [-0.1, -0.05) is 12.2 Å². The molecule has 1 atom stereocenters. The Balaban J connectivity index is 3.39. The minimum absolute atomic E-state index is 0.00995. The van der Waals surface area contributed by atoms with Crippen molar-refractivity contribution >= 4 is 5.97 Å². The first-order valence-electron chi connectivity index (χ1n) is 2.78. The molecule has 58 valence electrons. The van der Waals surface area contributed by atoms with Gasteiger partial charge in [0.05, 0.1) is 6.61 Å². The third-order valence-corrected chi connectivity index (χ3v) is 0.769. The summed E-state index contributed by atoms with van der Waals surface area (Å²) in [6.07, 6.45) is 0.959. The van der Waals surface area contributed by atoms with E-state index in [1.165, 1.54) is 6.08 Å². The van der Waals surface area contributed by atoms with Crippen molar-refractivity contribution < 1.29 is 19.0 Å². The minimum atomic E-state index is -2.21. The zero-order valence-corrected chi connectivity index (χ0v) is 5.58. The van der Waals surface area contributed by atoms with E-state index in [1.54, 1.807) is 13.0 Å². The van der Waals surface area contributed by atoms with Crippen LogP contribution >= 0.6 is 0 Å². The predicted octanol–water partition coefficient (Wildman–Crippen LogP) is 0.959. The van der Waals surface area contributed by atoms with Gasteiger partial charge in [0, 0.05) is 0 Å². The van der Waals surface area contributed by atoms with Gasteiger partial charge in [-0.15, -0.1) is 0 Å². The normalized spacial score (nSPS) is 13.8. The molecule has 0 amide bonds. The molecule has 3 nitrogen and oxygen atoms in total. The van der Waals surface area contributed by atoms with Gasteiger partial charge in [0.1, 0.15) is 0 Å². The van der Waals surface area contributed by atoms with Gasteiger partial charge >= 0.3 is 5.97 Å². The van der Waals surface area contributed by atoms with Crippen LogP contribution in [0.15, 0.2) is 12.2 Å². The number of carboxylic acid groups (broad SMARTS) is 1. The van der Waals surface area contributed by atoms with Crippen molar-refractivity contribution in [3.05, 3.63) is 12.2 Å². The molecule has 0 heterocycles. The second kappa shape index (κ2) is 4.93. The summed E-state index contributed by atoms with van der Waals surface area (Å²) < 4.78 is 16.2. The monoisotopic (exact) mass is 148 g/mol. The van der Waals surface area contributed by atoms with Crippen LogP contribution in [0.4, 0.5) is 4.39 Å². The largest absolute Gasteiger partial charge is 0.477 e. The molecule has 1 N–H and O–H groups in total. The molecule has 0 aliphatic carbocycles. The highest BCUT2D eigenvalue weighted by molar-refractivity contribution is 5.70. The molecule has 0 aromatic rings. The summed E-state index contributed by atoms with van der Waals surface area (Å²) in [6, 6.07) is 0. The fraction of sp³-hybridized carbons (Fsp3) is 0.500. The van der Waals surface area contributed by atoms with Crippen LogP contribution in [0.5, 0.6) is 0 Å². The average molecular weight is 148 g/mol. The highest BCUT2D eigenvalue weighted by atomic mass is 19.1. The lowest BCUT2D eigenvalue weighted by atomic mass is 10.5. The highest BCUT2D eigenvalue weighted by Gasteiger charge is 2.13. The van der Waals surface area contributed by atoms with E-state index in [4.69, 9.17) is 5.11 Å². The van der Waals surface area contributed by atoms with Crippen molar-refractivity contribution in [1.29, 1.82) is 0 Å². The summed E-state index contributed by atoms with van der Waals surface area (Å²) in [5, 5.41) is 7.96. The Kier molecular flexibility index (Phi) is 4.49. The third kappa shape index (κ3) is 4.03. The van der Waals surface area contributed by atoms with Crippen LogP contribution in [0, 0.1) is 0 Å². The molecular formula is C6H9FO3. The van der Waals surface area contributed by atoms with Crippen molar-refractivity contribution in [2.75, 3.05) is 6.61 Å². The molecule has 0 aromatic carbocycles. The lowest BCUT2D eigenvalue weighted by Crippen LogP contribution is -2.18. The van der Waals surface area contributed by atoms with Crippen molar-refractivity contribution in [1.82, 2.24) is 0 Å². The summed E-state index contributed by atoms with van der Waals surface area (Å²) in [7, 11) is 0. The van der Waals surface area contributed by atoms with E-state index in [9.17, 15) is 9.18 Å². The van der Waals surface area contributed by atoms with Crippen molar-refractivity contribution in [2.24, 2.45) is 0 Å². The van der Waals surface area contributed by atoms with Crippen LogP contribution in [0.3, 0.4) is 0 Å². The van der Waals surface area contributed by atoms with E-state index in [0.29, 0.717) is 0 Å². The fourth-order valence-electron chi connectivity index (χ4n) is 0.308. The molecule has 0 saturated heterocycles. The number of carboxylic acids is 1. The molecule has 0 spiro atoms. The van der Waals surface area contributed by atoms with E-state index in [1.807, 2.05) is 0 Å². The quantitative estimate of drug-likeness (QED) is 0.604. The molecule has 4 heteroatoms. The lowest BCUT2D eigenvalue weighted by Gasteiger charge is -2.00. The first kappa shape index (κ1) is 9.10. The molecule has 0 radical (unpaired) electrons. The van der Waals surface area contributed by atoms with Crippen LogP contribution < -0.4 is 0 Å². The maximum Gasteiger partial charge on any atom is 0.366 e. The molecule has 0 fully saturated rings. The Bertz CT molecular complexity index is 133. The van der Waals surface area contributed by atoms with E-state index in [2.05, 4.69) is 4.74 Å². The molecule has 0 aliphatic heterocycles. The molecule has 0 saturated carbocycles. The Morgan fingerprint density at radius 1 is 1.90 bits per heavy atom. The number of rotatable bonds is 4. The first-order chi connectivity index (χ1) is 4.68. The molecule has 0 aromatic heterocycles. The van der Waals surface area contributed by atoms with E-state index in [-0.39, 0.29) is 6.61 Å². The van der Waals surface area contributed by atoms with Gasteiger partial charge in [-0.05, 0) is 6.92 Å². The van der Waals surface area contributed by atoms with E-state index in [0.717, 1.165) is 0 Å². The number of hydrogen-bond acceptors (Lipinski definition) is 2. The number of carbonyl (C=O) groups is 1. The minimum Gasteiger partial charge on any atom is -0.477 e. The number of halogens is 1. The smallest absolute Gasteiger partial charge is 0.366 e. The maximum atomic E-state index is 12.0. The first-order valence-corrected chi connectivity index (χ1v) is 2.78. The number of aliphatic carboxylic acids is 1. The standard InChI is InChI=1S/C6H9FO3/c1-2-3-4-10-5(7)6(8)9/h2-3,5H,4H2,1H3,(H,8,9). The Labute approximate surface area is 58.1 Å². The number of hydrogen-bond donors (Lipinski definition) is 1. The van der Waals surface area contributed by atoms with E-state index < -0.39 is 12.3 Å².